The van der Waals surface area contributed by atoms with E-state index in [1.807, 2.05) is 60.4 Å². The van der Waals surface area contributed by atoms with Crippen LogP contribution in [0.2, 0.25) is 0 Å². The summed E-state index contributed by atoms with van der Waals surface area (Å²) < 4.78 is 11.3. The maximum atomic E-state index is 13.0. The molecule has 0 spiro atoms. The number of pyridine rings is 1. The van der Waals surface area contributed by atoms with E-state index in [0.717, 1.165) is 42.2 Å². The van der Waals surface area contributed by atoms with Crippen molar-refractivity contribution in [3.05, 3.63) is 83.6 Å². The Labute approximate surface area is 158 Å². The molecule has 138 valence electrons. The average Bonchev–Trinajstić information content (AvgIpc) is 3.38. The summed E-state index contributed by atoms with van der Waals surface area (Å²) in [6, 6.07) is 15.3. The van der Waals surface area contributed by atoms with E-state index >= 15 is 0 Å². The molecule has 3 aromatic rings. The van der Waals surface area contributed by atoms with Crippen molar-refractivity contribution in [1.82, 2.24) is 9.88 Å². The molecule has 0 saturated carbocycles. The Kier molecular flexibility index (Phi) is 4.92. The molecular formula is C22H22N2O3. The second-order valence-electron chi connectivity index (χ2n) is 6.80. The minimum Gasteiger partial charge on any atom is -0.487 e. The number of hydrogen-bond acceptors (Lipinski definition) is 4. The van der Waals surface area contributed by atoms with Crippen LogP contribution in [-0.2, 0) is 6.61 Å². The van der Waals surface area contributed by atoms with Gasteiger partial charge in [-0.15, -0.1) is 0 Å². The molecule has 1 aliphatic rings. The zero-order chi connectivity index (χ0) is 18.6. The number of carbonyl (C=O) groups is 1. The summed E-state index contributed by atoms with van der Waals surface area (Å²) in [5, 5.41) is 0. The highest BCUT2D eigenvalue weighted by Crippen LogP contribution is 2.33. The van der Waals surface area contributed by atoms with Gasteiger partial charge in [-0.1, -0.05) is 12.1 Å². The second kappa shape index (κ2) is 7.66. The number of rotatable bonds is 5. The topological polar surface area (TPSA) is 55.6 Å². The fraction of sp³-hybridized carbons (Fsp3) is 0.273. The predicted octanol–water partition coefficient (Wildman–Crippen LogP) is 4.54. The van der Waals surface area contributed by atoms with Crippen LogP contribution in [0, 0.1) is 6.92 Å². The van der Waals surface area contributed by atoms with Gasteiger partial charge in [-0.3, -0.25) is 9.78 Å². The van der Waals surface area contributed by atoms with Gasteiger partial charge in [-0.05, 0) is 61.7 Å². The Bertz CT molecular complexity index is 904. The molecule has 3 heterocycles. The first-order valence-corrected chi connectivity index (χ1v) is 9.19. The third-order valence-electron chi connectivity index (χ3n) is 4.85. The molecule has 1 fully saturated rings. The largest absolute Gasteiger partial charge is 0.487 e. The lowest BCUT2D eigenvalue weighted by molar-refractivity contribution is 0.0719. The van der Waals surface area contributed by atoms with Crippen LogP contribution in [0.1, 0.15) is 46.3 Å². The zero-order valence-electron chi connectivity index (χ0n) is 15.3. The monoisotopic (exact) mass is 362 g/mol. The summed E-state index contributed by atoms with van der Waals surface area (Å²) in [4.78, 5) is 19.2. The number of hydrogen-bond donors (Lipinski definition) is 0. The molecule has 5 heteroatoms. The Morgan fingerprint density at radius 2 is 2.19 bits per heavy atom. The fourth-order valence-corrected chi connectivity index (χ4v) is 3.45. The van der Waals surface area contributed by atoms with E-state index in [0.29, 0.717) is 12.2 Å². The van der Waals surface area contributed by atoms with Crippen molar-refractivity contribution >= 4 is 5.91 Å². The quantitative estimate of drug-likeness (QED) is 0.669. The maximum absolute atomic E-state index is 13.0. The molecule has 1 unspecified atom stereocenters. The van der Waals surface area contributed by atoms with Crippen molar-refractivity contribution < 1.29 is 13.9 Å². The predicted molar refractivity (Wildman–Crippen MR) is 101 cm³/mol. The van der Waals surface area contributed by atoms with Crippen LogP contribution in [0.4, 0.5) is 0 Å². The summed E-state index contributed by atoms with van der Waals surface area (Å²) in [5.74, 6) is 1.61. The van der Waals surface area contributed by atoms with E-state index in [2.05, 4.69) is 4.98 Å². The smallest absolute Gasteiger partial charge is 0.254 e. The SMILES string of the molecule is Cc1ccc(OCc2cccc(C(=O)N3CCCC3c3ccco3)c2)cn1. The molecule has 0 bridgehead atoms. The van der Waals surface area contributed by atoms with E-state index in [1.54, 1.807) is 12.5 Å². The van der Waals surface area contributed by atoms with Crippen LogP contribution >= 0.6 is 0 Å². The van der Waals surface area contributed by atoms with Crippen molar-refractivity contribution in [1.29, 1.82) is 0 Å². The van der Waals surface area contributed by atoms with Gasteiger partial charge in [-0.2, -0.15) is 0 Å². The van der Waals surface area contributed by atoms with E-state index < -0.39 is 0 Å². The average molecular weight is 362 g/mol. The molecule has 27 heavy (non-hydrogen) atoms. The van der Waals surface area contributed by atoms with Crippen LogP contribution in [0.3, 0.4) is 0 Å². The minimum absolute atomic E-state index is 0.0195. The molecule has 0 aliphatic carbocycles. The van der Waals surface area contributed by atoms with E-state index in [-0.39, 0.29) is 11.9 Å². The highest BCUT2D eigenvalue weighted by Gasteiger charge is 2.32. The number of nitrogens with zero attached hydrogens (tertiary/aromatic N) is 2. The third-order valence-corrected chi connectivity index (χ3v) is 4.85. The highest BCUT2D eigenvalue weighted by molar-refractivity contribution is 5.94. The van der Waals surface area contributed by atoms with E-state index in [4.69, 9.17) is 9.15 Å². The third kappa shape index (κ3) is 3.87. The molecule has 4 rings (SSSR count). The van der Waals surface area contributed by atoms with Crippen LogP contribution in [0.5, 0.6) is 5.75 Å². The van der Waals surface area contributed by atoms with Gasteiger partial charge in [0.25, 0.3) is 5.91 Å². The molecule has 0 radical (unpaired) electrons. The normalized spacial score (nSPS) is 16.5. The molecule has 2 aromatic heterocycles. The molecule has 1 aromatic carbocycles. The lowest BCUT2D eigenvalue weighted by Gasteiger charge is -2.23. The van der Waals surface area contributed by atoms with E-state index in [1.165, 1.54) is 0 Å². The summed E-state index contributed by atoms with van der Waals surface area (Å²) in [6.45, 7) is 3.08. The van der Waals surface area contributed by atoms with Gasteiger partial charge < -0.3 is 14.1 Å². The van der Waals surface area contributed by atoms with Crippen LogP contribution in [0.25, 0.3) is 0 Å². The number of likely N-dealkylation sites (tertiary alicyclic amines) is 1. The van der Waals surface area contributed by atoms with Crippen molar-refractivity contribution in [2.45, 2.75) is 32.4 Å². The van der Waals surface area contributed by atoms with Crippen molar-refractivity contribution in [3.63, 3.8) is 0 Å². The Morgan fingerprint density at radius 3 is 2.96 bits per heavy atom. The molecule has 0 N–H and O–H groups in total. The van der Waals surface area contributed by atoms with Crippen molar-refractivity contribution in [3.8, 4) is 5.75 Å². The Balaban J connectivity index is 1.46. The number of furan rings is 1. The van der Waals surface area contributed by atoms with Gasteiger partial charge in [0, 0.05) is 17.8 Å². The highest BCUT2D eigenvalue weighted by atomic mass is 16.5. The van der Waals surface area contributed by atoms with Crippen molar-refractivity contribution in [2.24, 2.45) is 0 Å². The standard InChI is InChI=1S/C22H22N2O3/c1-16-9-10-19(14-23-16)27-15-17-5-2-6-18(13-17)22(25)24-11-3-7-20(24)21-8-4-12-26-21/h2,4-6,8-10,12-14,20H,3,7,11,15H2,1H3. The number of benzene rings is 1. The van der Waals surface area contributed by atoms with Crippen LogP contribution in [-0.4, -0.2) is 22.3 Å². The first-order valence-electron chi connectivity index (χ1n) is 9.19. The Morgan fingerprint density at radius 1 is 1.26 bits per heavy atom. The molecule has 1 atom stereocenters. The number of ether oxygens (including phenoxy) is 1. The maximum Gasteiger partial charge on any atom is 0.254 e. The lowest BCUT2D eigenvalue weighted by atomic mass is 10.1. The van der Waals surface area contributed by atoms with Crippen LogP contribution < -0.4 is 4.74 Å². The van der Waals surface area contributed by atoms with Gasteiger partial charge in [-0.25, -0.2) is 0 Å². The first-order chi connectivity index (χ1) is 13.2. The fourth-order valence-electron chi connectivity index (χ4n) is 3.45. The van der Waals surface area contributed by atoms with Gasteiger partial charge in [0.2, 0.25) is 0 Å². The van der Waals surface area contributed by atoms with Gasteiger partial charge in [0.15, 0.2) is 0 Å². The second-order valence-corrected chi connectivity index (χ2v) is 6.80. The summed E-state index contributed by atoms with van der Waals surface area (Å²) in [7, 11) is 0. The zero-order valence-corrected chi connectivity index (χ0v) is 15.3. The number of aryl methyl sites for hydroxylation is 1. The van der Waals surface area contributed by atoms with Gasteiger partial charge in [0.1, 0.15) is 18.1 Å². The van der Waals surface area contributed by atoms with Gasteiger partial charge in [0.05, 0.1) is 18.5 Å². The Hall–Kier alpha value is -3.08. The molecule has 1 amide bonds. The number of aromatic nitrogens is 1. The minimum atomic E-state index is 0.0195. The lowest BCUT2D eigenvalue weighted by Crippen LogP contribution is -2.30. The number of carbonyl (C=O) groups excluding carboxylic acids is 1. The first kappa shape index (κ1) is 17.3. The molecule has 1 saturated heterocycles. The molecule has 1 aliphatic heterocycles. The summed E-state index contributed by atoms with van der Waals surface area (Å²) in [5.41, 5.74) is 2.58. The molecule has 5 nitrogen and oxygen atoms in total. The summed E-state index contributed by atoms with van der Waals surface area (Å²) in [6.07, 6.45) is 5.29. The summed E-state index contributed by atoms with van der Waals surface area (Å²) >= 11 is 0. The molecular weight excluding hydrogens is 340 g/mol. The number of amides is 1. The van der Waals surface area contributed by atoms with Gasteiger partial charge >= 0.3 is 0 Å². The van der Waals surface area contributed by atoms with Crippen molar-refractivity contribution in [2.75, 3.05) is 6.54 Å². The van der Waals surface area contributed by atoms with Crippen LogP contribution in [0.15, 0.2) is 65.4 Å². The van der Waals surface area contributed by atoms with E-state index in [9.17, 15) is 4.79 Å².